The van der Waals surface area contributed by atoms with Gasteiger partial charge in [-0.1, -0.05) is 29.8 Å². The van der Waals surface area contributed by atoms with Crippen molar-refractivity contribution in [2.45, 2.75) is 6.92 Å². The van der Waals surface area contributed by atoms with E-state index in [4.69, 9.17) is 4.42 Å². The molecule has 0 radical (unpaired) electrons. The highest BCUT2D eigenvalue weighted by atomic mass is 16.3. The maximum atomic E-state index is 11.5. The number of nitrogens with zero attached hydrogens (tertiary/aromatic N) is 1. The number of benzene rings is 1. The average Bonchev–Trinajstić information content (AvgIpc) is 2.91. The van der Waals surface area contributed by atoms with Crippen molar-refractivity contribution < 1.29 is 9.21 Å². The van der Waals surface area contributed by atoms with E-state index in [1.54, 1.807) is 24.5 Å². The van der Waals surface area contributed by atoms with E-state index in [9.17, 15) is 4.79 Å². The van der Waals surface area contributed by atoms with E-state index in [0.29, 0.717) is 5.76 Å². The Morgan fingerprint density at radius 3 is 2.74 bits per heavy atom. The third-order valence-electron chi connectivity index (χ3n) is 2.41. The van der Waals surface area contributed by atoms with E-state index in [2.05, 4.69) is 10.5 Å². The van der Waals surface area contributed by atoms with Crippen LogP contribution in [0.3, 0.4) is 0 Å². The molecule has 2 rings (SSSR count). The topological polar surface area (TPSA) is 54.6 Å². The molecule has 96 valence electrons. The van der Waals surface area contributed by atoms with Crippen LogP contribution in [0.4, 0.5) is 0 Å². The van der Waals surface area contributed by atoms with Crippen LogP contribution in [0.15, 0.2) is 58.3 Å². The molecule has 0 aliphatic heterocycles. The van der Waals surface area contributed by atoms with Crippen LogP contribution in [0, 0.1) is 6.92 Å². The highest BCUT2D eigenvalue weighted by molar-refractivity contribution is 5.92. The van der Waals surface area contributed by atoms with Gasteiger partial charge in [-0.25, -0.2) is 5.43 Å². The van der Waals surface area contributed by atoms with E-state index < -0.39 is 0 Å². The monoisotopic (exact) mass is 254 g/mol. The second kappa shape index (κ2) is 6.35. The Morgan fingerprint density at radius 2 is 2.05 bits per heavy atom. The third-order valence-corrected chi connectivity index (χ3v) is 2.41. The van der Waals surface area contributed by atoms with Crippen LogP contribution in [0.2, 0.25) is 0 Å². The molecule has 0 bridgehead atoms. The summed E-state index contributed by atoms with van der Waals surface area (Å²) in [6, 6.07) is 11.4. The molecule has 1 heterocycles. The largest absolute Gasteiger partial charge is 0.463 e. The molecule has 0 aliphatic carbocycles. The van der Waals surface area contributed by atoms with E-state index >= 15 is 0 Å². The molecule has 2 aromatic rings. The molecule has 0 spiro atoms. The van der Waals surface area contributed by atoms with Crippen LogP contribution in [-0.2, 0) is 4.79 Å². The highest BCUT2D eigenvalue weighted by Crippen LogP contribution is 2.04. The molecule has 0 saturated heterocycles. The Labute approximate surface area is 111 Å². The fraction of sp³-hybridized carbons (Fsp3) is 0.0667. The summed E-state index contributed by atoms with van der Waals surface area (Å²) in [6.07, 6.45) is 6.15. The smallest absolute Gasteiger partial charge is 0.264 e. The summed E-state index contributed by atoms with van der Waals surface area (Å²) >= 11 is 0. The van der Waals surface area contributed by atoms with Gasteiger partial charge in [0.2, 0.25) is 0 Å². The molecule has 0 aliphatic rings. The van der Waals surface area contributed by atoms with Crippen molar-refractivity contribution in [3.8, 4) is 0 Å². The summed E-state index contributed by atoms with van der Waals surface area (Å²) < 4.78 is 5.04. The van der Waals surface area contributed by atoms with E-state index in [0.717, 1.165) is 5.56 Å². The zero-order valence-corrected chi connectivity index (χ0v) is 10.5. The van der Waals surface area contributed by atoms with Gasteiger partial charge in [-0.2, -0.15) is 5.10 Å². The zero-order valence-electron chi connectivity index (χ0n) is 10.5. The number of furan rings is 1. The number of amides is 1. The first-order valence-corrected chi connectivity index (χ1v) is 5.85. The van der Waals surface area contributed by atoms with Gasteiger partial charge in [-0.15, -0.1) is 0 Å². The van der Waals surface area contributed by atoms with Crippen LogP contribution >= 0.6 is 0 Å². The molecule has 4 nitrogen and oxygen atoms in total. The van der Waals surface area contributed by atoms with Crippen molar-refractivity contribution in [3.05, 3.63) is 65.6 Å². The Bertz CT molecular complexity index is 581. The standard InChI is InChI=1S/C15H14N2O2/c1-12-4-6-13(7-5-12)8-9-15(18)17-16-11-14-3-2-10-19-14/h2-11H,1H3,(H,17,18)/b9-8+,16-11-. The van der Waals surface area contributed by atoms with Crippen molar-refractivity contribution >= 4 is 18.2 Å². The summed E-state index contributed by atoms with van der Waals surface area (Å²) in [5.74, 6) is 0.297. The van der Waals surface area contributed by atoms with Crippen LogP contribution in [0.5, 0.6) is 0 Å². The number of hydrogen-bond acceptors (Lipinski definition) is 3. The van der Waals surface area contributed by atoms with Gasteiger partial charge in [0.1, 0.15) is 5.76 Å². The van der Waals surface area contributed by atoms with Crippen LogP contribution in [-0.4, -0.2) is 12.1 Å². The number of hydrazone groups is 1. The minimum atomic E-state index is -0.289. The number of nitrogens with one attached hydrogen (secondary N) is 1. The van der Waals surface area contributed by atoms with Gasteiger partial charge in [0.15, 0.2) is 0 Å². The summed E-state index contributed by atoms with van der Waals surface area (Å²) in [6.45, 7) is 2.02. The predicted molar refractivity (Wildman–Crippen MR) is 74.7 cm³/mol. The lowest BCUT2D eigenvalue weighted by atomic mass is 10.1. The van der Waals surface area contributed by atoms with Gasteiger partial charge in [0.25, 0.3) is 5.91 Å². The van der Waals surface area contributed by atoms with Crippen LogP contribution in [0.1, 0.15) is 16.9 Å². The van der Waals surface area contributed by atoms with Crippen molar-refractivity contribution in [1.29, 1.82) is 0 Å². The minimum absolute atomic E-state index is 0.289. The summed E-state index contributed by atoms with van der Waals surface area (Å²) in [5.41, 5.74) is 4.54. The van der Waals surface area contributed by atoms with Crippen molar-refractivity contribution in [3.63, 3.8) is 0 Å². The Balaban J connectivity index is 1.85. The molecule has 0 atom stereocenters. The summed E-state index contributed by atoms with van der Waals surface area (Å²) in [7, 11) is 0. The third kappa shape index (κ3) is 4.27. The lowest BCUT2D eigenvalue weighted by Gasteiger charge is -1.95. The molecule has 1 aromatic carbocycles. The van der Waals surface area contributed by atoms with E-state index in [1.807, 2.05) is 31.2 Å². The zero-order chi connectivity index (χ0) is 13.5. The molecule has 0 fully saturated rings. The predicted octanol–water partition coefficient (Wildman–Crippen LogP) is 2.75. The normalized spacial score (nSPS) is 11.2. The van der Waals surface area contributed by atoms with Crippen molar-refractivity contribution in [2.75, 3.05) is 0 Å². The molecule has 0 saturated carbocycles. The Hall–Kier alpha value is -2.62. The number of carbonyl (C=O) groups is 1. The van der Waals surface area contributed by atoms with Crippen molar-refractivity contribution in [1.82, 2.24) is 5.43 Å². The molecule has 1 amide bonds. The number of rotatable bonds is 4. The quantitative estimate of drug-likeness (QED) is 0.518. The SMILES string of the molecule is Cc1ccc(/C=C/C(=O)N/N=C\c2ccco2)cc1. The number of aryl methyl sites for hydroxylation is 1. The van der Waals surface area contributed by atoms with Gasteiger partial charge >= 0.3 is 0 Å². The summed E-state index contributed by atoms with van der Waals surface area (Å²) in [5, 5.41) is 3.77. The summed E-state index contributed by atoms with van der Waals surface area (Å²) in [4.78, 5) is 11.5. The second-order valence-corrected chi connectivity index (χ2v) is 3.99. The fourth-order valence-electron chi connectivity index (χ4n) is 1.41. The molecular weight excluding hydrogens is 240 g/mol. The average molecular weight is 254 g/mol. The van der Waals surface area contributed by atoms with Gasteiger partial charge < -0.3 is 4.42 Å². The van der Waals surface area contributed by atoms with E-state index in [-0.39, 0.29) is 5.91 Å². The van der Waals surface area contributed by atoms with Gasteiger partial charge in [-0.3, -0.25) is 4.79 Å². The van der Waals surface area contributed by atoms with Crippen LogP contribution in [0.25, 0.3) is 6.08 Å². The second-order valence-electron chi connectivity index (χ2n) is 3.99. The Kier molecular flexibility index (Phi) is 4.29. The van der Waals surface area contributed by atoms with Crippen LogP contribution < -0.4 is 5.43 Å². The first-order valence-electron chi connectivity index (χ1n) is 5.85. The fourth-order valence-corrected chi connectivity index (χ4v) is 1.41. The first-order chi connectivity index (χ1) is 9.24. The van der Waals surface area contributed by atoms with Crippen molar-refractivity contribution in [2.24, 2.45) is 5.10 Å². The number of hydrogen-bond donors (Lipinski definition) is 1. The highest BCUT2D eigenvalue weighted by Gasteiger charge is 1.93. The number of carbonyl (C=O) groups excluding carboxylic acids is 1. The maximum absolute atomic E-state index is 11.5. The molecule has 1 N–H and O–H groups in total. The molecule has 0 unspecified atom stereocenters. The minimum Gasteiger partial charge on any atom is -0.463 e. The van der Waals surface area contributed by atoms with Gasteiger partial charge in [0, 0.05) is 6.08 Å². The molecule has 19 heavy (non-hydrogen) atoms. The Morgan fingerprint density at radius 1 is 1.26 bits per heavy atom. The maximum Gasteiger partial charge on any atom is 0.264 e. The molecular formula is C15H14N2O2. The van der Waals surface area contributed by atoms with Gasteiger partial charge in [-0.05, 0) is 30.7 Å². The lowest BCUT2D eigenvalue weighted by molar-refractivity contribution is -0.116. The van der Waals surface area contributed by atoms with E-state index in [1.165, 1.54) is 17.9 Å². The molecule has 4 heteroatoms. The first kappa shape index (κ1) is 12.8. The molecule has 1 aromatic heterocycles. The lowest BCUT2D eigenvalue weighted by Crippen LogP contribution is -2.13. The van der Waals surface area contributed by atoms with Gasteiger partial charge in [0.05, 0.1) is 12.5 Å².